The second-order valence-corrected chi connectivity index (χ2v) is 6.07. The first kappa shape index (κ1) is 15.1. The maximum atomic E-state index is 11.9. The summed E-state index contributed by atoms with van der Waals surface area (Å²) in [5.74, 6) is -1.25. The first-order valence-electron chi connectivity index (χ1n) is 7.46. The van der Waals surface area contributed by atoms with Gasteiger partial charge in [-0.1, -0.05) is 12.8 Å². The number of aliphatic hydroxyl groups is 1. The van der Waals surface area contributed by atoms with E-state index in [1.54, 1.807) is 4.90 Å². The Morgan fingerprint density at radius 3 is 2.30 bits per heavy atom. The fraction of sp³-hybridized carbons (Fsp3) is 0.857. The number of likely N-dealkylation sites (tertiary alicyclic amines) is 1. The van der Waals surface area contributed by atoms with Gasteiger partial charge in [-0.15, -0.1) is 0 Å². The molecule has 1 heterocycles. The van der Waals surface area contributed by atoms with Crippen LogP contribution in [0.5, 0.6) is 0 Å². The molecule has 1 spiro atoms. The van der Waals surface area contributed by atoms with E-state index in [-0.39, 0.29) is 19.0 Å². The van der Waals surface area contributed by atoms with Crippen LogP contribution < -0.4 is 5.32 Å². The zero-order chi connectivity index (χ0) is 14.6. The predicted octanol–water partition coefficient (Wildman–Crippen LogP) is 1.19. The van der Waals surface area contributed by atoms with Gasteiger partial charge in [-0.05, 0) is 31.1 Å². The van der Waals surface area contributed by atoms with Crippen molar-refractivity contribution in [3.8, 4) is 0 Å². The summed E-state index contributed by atoms with van der Waals surface area (Å²) in [5, 5.41) is 20.3. The smallest absolute Gasteiger partial charge is 0.332 e. The van der Waals surface area contributed by atoms with Crippen LogP contribution in [0.2, 0.25) is 0 Å². The van der Waals surface area contributed by atoms with Gasteiger partial charge >= 0.3 is 12.0 Å². The summed E-state index contributed by atoms with van der Waals surface area (Å²) in [6.45, 7) is 1.76. The first-order chi connectivity index (χ1) is 9.52. The Balaban J connectivity index is 1.68. The van der Waals surface area contributed by atoms with Crippen LogP contribution in [-0.2, 0) is 4.79 Å². The number of nitrogens with one attached hydrogen (secondary N) is 1. The minimum absolute atomic E-state index is 0.0405. The standard InChI is InChI=1S/C14H24N2O4/c17-11(12(18)19)3-8-15-13(20)16-9-6-14(7-10-16)4-1-2-5-14/h11,17H,1-10H2,(H,15,20)(H,18,19)/t11-/m0/s1. The zero-order valence-corrected chi connectivity index (χ0v) is 11.8. The highest BCUT2D eigenvalue weighted by Crippen LogP contribution is 2.45. The maximum Gasteiger partial charge on any atom is 0.332 e. The van der Waals surface area contributed by atoms with Crippen LogP contribution in [0.15, 0.2) is 0 Å². The van der Waals surface area contributed by atoms with Crippen LogP contribution in [-0.4, -0.2) is 52.9 Å². The summed E-state index contributed by atoms with van der Waals surface area (Å²) in [6.07, 6.45) is 6.03. The highest BCUT2D eigenvalue weighted by molar-refractivity contribution is 5.74. The normalized spacial score (nSPS) is 22.8. The van der Waals surface area contributed by atoms with Crippen LogP contribution in [0.1, 0.15) is 44.9 Å². The molecule has 0 radical (unpaired) electrons. The Bertz CT molecular complexity index is 356. The third-order valence-corrected chi connectivity index (χ3v) is 4.75. The molecule has 6 nitrogen and oxygen atoms in total. The van der Waals surface area contributed by atoms with Crippen LogP contribution in [0.25, 0.3) is 0 Å². The summed E-state index contributed by atoms with van der Waals surface area (Å²) in [7, 11) is 0. The van der Waals surface area contributed by atoms with Gasteiger partial charge in [0.05, 0.1) is 0 Å². The van der Waals surface area contributed by atoms with Crippen LogP contribution in [0.3, 0.4) is 0 Å². The fourth-order valence-electron chi connectivity index (χ4n) is 3.36. The number of carbonyl (C=O) groups excluding carboxylic acids is 1. The van der Waals surface area contributed by atoms with Gasteiger partial charge in [0.2, 0.25) is 0 Å². The minimum atomic E-state index is -1.40. The monoisotopic (exact) mass is 284 g/mol. The zero-order valence-electron chi connectivity index (χ0n) is 11.8. The summed E-state index contributed by atoms with van der Waals surface area (Å²) < 4.78 is 0. The Labute approximate surface area is 119 Å². The number of amides is 2. The number of carboxylic acid groups (broad SMARTS) is 1. The number of aliphatic hydroxyl groups excluding tert-OH is 1. The van der Waals surface area contributed by atoms with E-state index in [0.29, 0.717) is 5.41 Å². The number of aliphatic carboxylic acids is 1. The molecule has 0 aromatic rings. The van der Waals surface area contributed by atoms with Crippen LogP contribution >= 0.6 is 0 Å². The van der Waals surface area contributed by atoms with E-state index in [4.69, 9.17) is 10.2 Å². The van der Waals surface area contributed by atoms with E-state index in [1.807, 2.05) is 0 Å². The molecule has 1 aliphatic carbocycles. The number of nitrogens with zero attached hydrogens (tertiary/aromatic N) is 1. The molecular formula is C14H24N2O4. The summed E-state index contributed by atoms with van der Waals surface area (Å²) in [4.78, 5) is 24.2. The number of carboxylic acids is 1. The lowest BCUT2D eigenvalue weighted by Gasteiger charge is -2.39. The summed E-state index contributed by atoms with van der Waals surface area (Å²) in [5.41, 5.74) is 0.482. The number of piperidine rings is 1. The van der Waals surface area contributed by atoms with Gasteiger partial charge in [0.15, 0.2) is 6.10 Å². The van der Waals surface area contributed by atoms with Crippen molar-refractivity contribution in [2.75, 3.05) is 19.6 Å². The molecule has 3 N–H and O–H groups in total. The van der Waals surface area contributed by atoms with Crippen molar-refractivity contribution in [3.63, 3.8) is 0 Å². The van der Waals surface area contributed by atoms with Crippen LogP contribution in [0, 0.1) is 5.41 Å². The van der Waals surface area contributed by atoms with Crippen molar-refractivity contribution in [1.29, 1.82) is 0 Å². The Hall–Kier alpha value is -1.30. The molecule has 0 aromatic carbocycles. The van der Waals surface area contributed by atoms with Crippen molar-refractivity contribution in [3.05, 3.63) is 0 Å². The number of carbonyl (C=O) groups is 2. The fourth-order valence-corrected chi connectivity index (χ4v) is 3.36. The van der Waals surface area contributed by atoms with Gasteiger partial charge in [-0.3, -0.25) is 0 Å². The average Bonchev–Trinajstić information content (AvgIpc) is 2.87. The SMILES string of the molecule is O=C(O)[C@@H](O)CCNC(=O)N1CCC2(CCCC2)CC1. The van der Waals surface area contributed by atoms with Crippen molar-refractivity contribution in [2.24, 2.45) is 5.41 Å². The van der Waals surface area contributed by atoms with E-state index < -0.39 is 12.1 Å². The van der Waals surface area contributed by atoms with Crippen molar-refractivity contribution in [1.82, 2.24) is 10.2 Å². The molecule has 1 saturated heterocycles. The van der Waals surface area contributed by atoms with Crippen molar-refractivity contribution in [2.45, 2.75) is 51.0 Å². The molecule has 2 aliphatic rings. The molecule has 2 fully saturated rings. The Morgan fingerprint density at radius 2 is 1.75 bits per heavy atom. The first-order valence-corrected chi connectivity index (χ1v) is 7.46. The van der Waals surface area contributed by atoms with Crippen LogP contribution in [0.4, 0.5) is 4.79 Å². The minimum Gasteiger partial charge on any atom is -0.479 e. The quantitative estimate of drug-likeness (QED) is 0.723. The van der Waals surface area contributed by atoms with E-state index in [1.165, 1.54) is 25.7 Å². The highest BCUT2D eigenvalue weighted by Gasteiger charge is 2.37. The molecule has 0 bridgehead atoms. The highest BCUT2D eigenvalue weighted by atomic mass is 16.4. The molecule has 2 amide bonds. The third-order valence-electron chi connectivity index (χ3n) is 4.75. The molecule has 6 heteroatoms. The predicted molar refractivity (Wildman–Crippen MR) is 73.4 cm³/mol. The molecule has 20 heavy (non-hydrogen) atoms. The number of rotatable bonds is 4. The Morgan fingerprint density at radius 1 is 1.15 bits per heavy atom. The van der Waals surface area contributed by atoms with Gasteiger partial charge in [0, 0.05) is 26.1 Å². The molecule has 1 atom stereocenters. The van der Waals surface area contributed by atoms with Gasteiger partial charge in [-0.25, -0.2) is 9.59 Å². The lowest BCUT2D eigenvalue weighted by Crippen LogP contribution is -2.47. The van der Waals surface area contributed by atoms with E-state index in [2.05, 4.69) is 5.32 Å². The van der Waals surface area contributed by atoms with E-state index >= 15 is 0 Å². The van der Waals surface area contributed by atoms with Crippen molar-refractivity contribution < 1.29 is 19.8 Å². The lowest BCUT2D eigenvalue weighted by atomic mass is 9.77. The molecule has 2 rings (SSSR count). The second kappa shape index (κ2) is 6.43. The topological polar surface area (TPSA) is 89.9 Å². The average molecular weight is 284 g/mol. The largest absolute Gasteiger partial charge is 0.479 e. The third kappa shape index (κ3) is 3.62. The van der Waals surface area contributed by atoms with E-state index in [9.17, 15) is 9.59 Å². The van der Waals surface area contributed by atoms with Gasteiger partial charge in [-0.2, -0.15) is 0 Å². The molecule has 0 aromatic heterocycles. The summed E-state index contributed by atoms with van der Waals surface area (Å²) in [6, 6.07) is -0.143. The van der Waals surface area contributed by atoms with E-state index in [0.717, 1.165) is 25.9 Å². The molecule has 1 saturated carbocycles. The second-order valence-electron chi connectivity index (χ2n) is 6.07. The molecular weight excluding hydrogens is 260 g/mol. The number of hydrogen-bond donors (Lipinski definition) is 3. The van der Waals surface area contributed by atoms with Crippen molar-refractivity contribution >= 4 is 12.0 Å². The lowest BCUT2D eigenvalue weighted by molar-refractivity contribution is -0.146. The molecule has 1 aliphatic heterocycles. The van der Waals surface area contributed by atoms with Gasteiger partial charge in [0.25, 0.3) is 0 Å². The number of hydrogen-bond acceptors (Lipinski definition) is 3. The molecule has 0 unspecified atom stereocenters. The summed E-state index contributed by atoms with van der Waals surface area (Å²) >= 11 is 0. The van der Waals surface area contributed by atoms with Gasteiger partial charge in [0.1, 0.15) is 0 Å². The van der Waals surface area contributed by atoms with Gasteiger partial charge < -0.3 is 20.4 Å². The Kier molecular flexibility index (Phi) is 4.86. The molecule has 114 valence electrons. The number of urea groups is 1. The maximum absolute atomic E-state index is 11.9.